The van der Waals surface area contributed by atoms with Crippen molar-refractivity contribution in [3.05, 3.63) is 46.2 Å². The van der Waals surface area contributed by atoms with Crippen LogP contribution in [0, 0.1) is 0 Å². The van der Waals surface area contributed by atoms with Crippen molar-refractivity contribution in [1.82, 2.24) is 4.90 Å². The lowest BCUT2D eigenvalue weighted by Gasteiger charge is -2.22. The lowest BCUT2D eigenvalue weighted by Crippen LogP contribution is -2.31. The van der Waals surface area contributed by atoms with E-state index in [2.05, 4.69) is 0 Å². The number of nitrogens with zero attached hydrogens (tertiary/aromatic N) is 1. The summed E-state index contributed by atoms with van der Waals surface area (Å²) in [6.45, 7) is 0.195. The van der Waals surface area contributed by atoms with Gasteiger partial charge in [0.15, 0.2) is 0 Å². The van der Waals surface area contributed by atoms with Crippen molar-refractivity contribution in [3.63, 3.8) is 0 Å². The van der Waals surface area contributed by atoms with Crippen molar-refractivity contribution < 1.29 is 19.4 Å². The van der Waals surface area contributed by atoms with E-state index in [0.29, 0.717) is 17.1 Å². The minimum Gasteiger partial charge on any atom is -0.496 e. The molecular formula is C16H19NO4S. The van der Waals surface area contributed by atoms with Gasteiger partial charge in [0.1, 0.15) is 23.2 Å². The number of likely N-dealkylation sites (N-methyl/N-ethyl adjacent to an activating group) is 1. The van der Waals surface area contributed by atoms with Gasteiger partial charge in [-0.2, -0.15) is 0 Å². The van der Waals surface area contributed by atoms with Gasteiger partial charge in [-0.1, -0.05) is 12.1 Å². The Labute approximate surface area is 133 Å². The first-order valence-electron chi connectivity index (χ1n) is 6.76. The summed E-state index contributed by atoms with van der Waals surface area (Å²) in [5.41, 5.74) is 0.355. The lowest BCUT2D eigenvalue weighted by molar-refractivity contribution is 0.0679. The molecule has 1 aromatic carbocycles. The highest BCUT2D eigenvalue weighted by atomic mass is 32.1. The molecule has 1 amide bonds. The minimum absolute atomic E-state index is 0.195. The van der Waals surface area contributed by atoms with E-state index < -0.39 is 6.10 Å². The third-order valence-electron chi connectivity index (χ3n) is 3.31. The summed E-state index contributed by atoms with van der Waals surface area (Å²) in [6.07, 6.45) is -0.713. The van der Waals surface area contributed by atoms with E-state index in [1.54, 1.807) is 25.2 Å². The number of ether oxygens (including phenoxy) is 2. The number of aliphatic hydroxyl groups is 1. The molecule has 2 aromatic rings. The molecule has 0 radical (unpaired) electrons. The van der Waals surface area contributed by atoms with E-state index in [9.17, 15) is 9.90 Å². The summed E-state index contributed by atoms with van der Waals surface area (Å²) >= 11 is 1.46. The largest absolute Gasteiger partial charge is 0.496 e. The third kappa shape index (κ3) is 3.40. The molecule has 6 heteroatoms. The Morgan fingerprint density at radius 3 is 2.36 bits per heavy atom. The normalized spacial score (nSPS) is 11.8. The molecule has 0 saturated carbocycles. The standard InChI is InChI=1S/C16H19NO4S/c1-17(10-11(18)14-8-5-9-22-14)16(19)15-12(20-2)6-4-7-13(15)21-3/h4-9,11,18H,10H2,1-3H3. The fourth-order valence-electron chi connectivity index (χ4n) is 2.17. The van der Waals surface area contributed by atoms with Crippen molar-refractivity contribution in [2.24, 2.45) is 0 Å². The van der Waals surface area contributed by atoms with Crippen LogP contribution in [0.3, 0.4) is 0 Å². The lowest BCUT2D eigenvalue weighted by atomic mass is 10.1. The van der Waals surface area contributed by atoms with E-state index in [-0.39, 0.29) is 12.5 Å². The van der Waals surface area contributed by atoms with Crippen molar-refractivity contribution in [2.45, 2.75) is 6.10 Å². The van der Waals surface area contributed by atoms with Gasteiger partial charge in [-0.05, 0) is 23.6 Å². The Morgan fingerprint density at radius 1 is 1.23 bits per heavy atom. The highest BCUT2D eigenvalue weighted by Gasteiger charge is 2.23. The number of carbonyl (C=O) groups excluding carboxylic acids is 1. The molecule has 0 bridgehead atoms. The molecular weight excluding hydrogens is 302 g/mol. The molecule has 0 aliphatic carbocycles. The Bertz CT molecular complexity index is 605. The number of hydrogen-bond donors (Lipinski definition) is 1. The molecule has 1 heterocycles. The van der Waals surface area contributed by atoms with Crippen LogP contribution in [-0.4, -0.2) is 43.7 Å². The van der Waals surface area contributed by atoms with Crippen molar-refractivity contribution >= 4 is 17.2 Å². The second-order valence-electron chi connectivity index (χ2n) is 4.75. The number of amides is 1. The minimum atomic E-state index is -0.713. The van der Waals surface area contributed by atoms with E-state index >= 15 is 0 Å². The molecule has 0 fully saturated rings. The molecule has 0 saturated heterocycles. The fourth-order valence-corrected chi connectivity index (χ4v) is 2.87. The second kappa shape index (κ2) is 7.29. The van der Waals surface area contributed by atoms with Crippen LogP contribution in [-0.2, 0) is 0 Å². The molecule has 0 aliphatic heterocycles. The number of methoxy groups -OCH3 is 2. The average Bonchev–Trinajstić information content (AvgIpc) is 3.07. The predicted molar refractivity (Wildman–Crippen MR) is 85.8 cm³/mol. The van der Waals surface area contributed by atoms with Gasteiger partial charge in [-0.15, -0.1) is 11.3 Å². The van der Waals surface area contributed by atoms with Gasteiger partial charge in [0.2, 0.25) is 0 Å². The van der Waals surface area contributed by atoms with Gasteiger partial charge in [0.05, 0.1) is 20.8 Å². The first-order valence-corrected chi connectivity index (χ1v) is 7.64. The van der Waals surface area contributed by atoms with E-state index in [1.165, 1.54) is 30.5 Å². The SMILES string of the molecule is COc1cccc(OC)c1C(=O)N(C)CC(O)c1cccs1. The molecule has 1 N–H and O–H groups in total. The van der Waals surface area contributed by atoms with Gasteiger partial charge in [0, 0.05) is 11.9 Å². The molecule has 1 aromatic heterocycles. The fraction of sp³-hybridized carbons (Fsp3) is 0.312. The predicted octanol–water partition coefficient (Wildman–Crippen LogP) is 2.57. The van der Waals surface area contributed by atoms with E-state index in [4.69, 9.17) is 9.47 Å². The molecule has 5 nitrogen and oxygen atoms in total. The first-order chi connectivity index (χ1) is 10.6. The third-order valence-corrected chi connectivity index (χ3v) is 4.28. The van der Waals surface area contributed by atoms with Crippen molar-refractivity contribution in [1.29, 1.82) is 0 Å². The van der Waals surface area contributed by atoms with Crippen LogP contribution in [0.5, 0.6) is 11.5 Å². The number of carbonyl (C=O) groups is 1. The highest BCUT2D eigenvalue weighted by Crippen LogP contribution is 2.30. The molecule has 118 valence electrons. The Hall–Kier alpha value is -2.05. The maximum absolute atomic E-state index is 12.7. The van der Waals surface area contributed by atoms with Crippen LogP contribution < -0.4 is 9.47 Å². The zero-order valence-corrected chi connectivity index (χ0v) is 13.6. The summed E-state index contributed by atoms with van der Waals surface area (Å²) in [4.78, 5) is 15.0. The highest BCUT2D eigenvalue weighted by molar-refractivity contribution is 7.10. The monoisotopic (exact) mass is 321 g/mol. The van der Waals surface area contributed by atoms with Crippen LogP contribution in [0.15, 0.2) is 35.7 Å². The smallest absolute Gasteiger partial charge is 0.261 e. The quantitative estimate of drug-likeness (QED) is 0.888. The summed E-state index contributed by atoms with van der Waals surface area (Å²) in [5.74, 6) is 0.633. The number of rotatable bonds is 6. The average molecular weight is 321 g/mol. The molecule has 1 atom stereocenters. The Balaban J connectivity index is 2.20. The maximum atomic E-state index is 12.7. The second-order valence-corrected chi connectivity index (χ2v) is 5.73. The van der Waals surface area contributed by atoms with E-state index in [1.807, 2.05) is 17.5 Å². The molecule has 22 heavy (non-hydrogen) atoms. The van der Waals surface area contributed by atoms with E-state index in [0.717, 1.165) is 4.88 Å². The summed E-state index contributed by atoms with van der Waals surface area (Å²) in [5, 5.41) is 12.1. The van der Waals surface area contributed by atoms with Crippen LogP contribution in [0.4, 0.5) is 0 Å². The molecule has 0 spiro atoms. The van der Waals surface area contributed by atoms with Crippen LogP contribution in [0.1, 0.15) is 21.3 Å². The van der Waals surface area contributed by atoms with Crippen molar-refractivity contribution in [3.8, 4) is 11.5 Å². The zero-order valence-electron chi connectivity index (χ0n) is 12.8. The van der Waals surface area contributed by atoms with Gasteiger partial charge < -0.3 is 19.5 Å². The first kappa shape index (κ1) is 16.3. The topological polar surface area (TPSA) is 59.0 Å². The van der Waals surface area contributed by atoms with Crippen LogP contribution in [0.2, 0.25) is 0 Å². The number of aliphatic hydroxyl groups excluding tert-OH is 1. The van der Waals surface area contributed by atoms with Crippen molar-refractivity contribution in [2.75, 3.05) is 27.8 Å². The van der Waals surface area contributed by atoms with Gasteiger partial charge in [0.25, 0.3) is 5.91 Å². The Morgan fingerprint density at radius 2 is 1.86 bits per heavy atom. The van der Waals surface area contributed by atoms with Crippen LogP contribution >= 0.6 is 11.3 Å². The van der Waals surface area contributed by atoms with Gasteiger partial charge in [-0.3, -0.25) is 4.79 Å². The Kier molecular flexibility index (Phi) is 5.41. The number of hydrogen-bond acceptors (Lipinski definition) is 5. The number of thiophene rings is 1. The zero-order chi connectivity index (χ0) is 16.1. The summed E-state index contributed by atoms with van der Waals surface area (Å²) in [6, 6.07) is 8.89. The number of benzene rings is 1. The van der Waals surface area contributed by atoms with Crippen LogP contribution in [0.25, 0.3) is 0 Å². The molecule has 1 unspecified atom stereocenters. The summed E-state index contributed by atoms with van der Waals surface area (Å²) < 4.78 is 10.5. The van der Waals surface area contributed by atoms with Gasteiger partial charge >= 0.3 is 0 Å². The molecule has 2 rings (SSSR count). The maximum Gasteiger partial charge on any atom is 0.261 e. The summed E-state index contributed by atoms with van der Waals surface area (Å²) in [7, 11) is 4.66. The molecule has 0 aliphatic rings. The van der Waals surface area contributed by atoms with Gasteiger partial charge in [-0.25, -0.2) is 0 Å².